The summed E-state index contributed by atoms with van der Waals surface area (Å²) in [6.45, 7) is 1.95. The van der Waals surface area contributed by atoms with Crippen LogP contribution in [0.1, 0.15) is 21.6 Å². The van der Waals surface area contributed by atoms with Gasteiger partial charge in [-0.15, -0.1) is 0 Å². The summed E-state index contributed by atoms with van der Waals surface area (Å²) in [6.07, 6.45) is 3.19. The van der Waals surface area contributed by atoms with Crippen molar-refractivity contribution >= 4 is 28.4 Å². The van der Waals surface area contributed by atoms with Crippen molar-refractivity contribution in [1.29, 1.82) is 0 Å². The summed E-state index contributed by atoms with van der Waals surface area (Å²) < 4.78 is 10.7. The largest absolute Gasteiger partial charge is 0.454 e. The lowest BCUT2D eigenvalue weighted by atomic mass is 9.91. The summed E-state index contributed by atoms with van der Waals surface area (Å²) >= 11 is 0. The van der Waals surface area contributed by atoms with E-state index in [1.54, 1.807) is 31.2 Å². The lowest BCUT2D eigenvalue weighted by Gasteiger charge is -2.14. The summed E-state index contributed by atoms with van der Waals surface area (Å²) in [5, 5.41) is 12.0. The molecule has 4 aromatic rings. The molecular formula is C26H18N2O5. The van der Waals surface area contributed by atoms with Crippen molar-refractivity contribution in [2.75, 3.05) is 6.79 Å². The number of allylic oxidation sites excluding steroid dienone is 1. The molecule has 2 heterocycles. The second-order valence-electron chi connectivity index (χ2n) is 7.58. The number of hydrogen-bond acceptors (Lipinski definition) is 6. The normalized spacial score (nSPS) is 12.4. The second kappa shape index (κ2) is 8.20. The summed E-state index contributed by atoms with van der Waals surface area (Å²) in [7, 11) is 0. The molecule has 162 valence electrons. The van der Waals surface area contributed by atoms with Crippen LogP contribution in [0.3, 0.4) is 0 Å². The van der Waals surface area contributed by atoms with E-state index in [-0.39, 0.29) is 18.3 Å². The first kappa shape index (κ1) is 20.4. The number of benzene rings is 3. The van der Waals surface area contributed by atoms with Crippen LogP contribution in [0.15, 0.2) is 72.8 Å². The van der Waals surface area contributed by atoms with Gasteiger partial charge >= 0.3 is 0 Å². The summed E-state index contributed by atoms with van der Waals surface area (Å²) in [6, 6.07) is 19.3. The average Bonchev–Trinajstić information content (AvgIpc) is 3.30. The van der Waals surface area contributed by atoms with Gasteiger partial charge in [0.15, 0.2) is 17.3 Å². The van der Waals surface area contributed by atoms with Gasteiger partial charge in [0, 0.05) is 28.8 Å². The molecule has 1 aliphatic heterocycles. The van der Waals surface area contributed by atoms with Crippen LogP contribution in [-0.4, -0.2) is 22.5 Å². The third-order valence-corrected chi connectivity index (χ3v) is 5.49. The Morgan fingerprint density at radius 1 is 1.03 bits per heavy atom. The quantitative estimate of drug-likeness (QED) is 0.171. The lowest BCUT2D eigenvalue weighted by Crippen LogP contribution is -2.05. The van der Waals surface area contributed by atoms with Gasteiger partial charge in [-0.25, -0.2) is 0 Å². The highest BCUT2D eigenvalue weighted by atomic mass is 16.7. The number of nitro groups is 1. The minimum Gasteiger partial charge on any atom is -0.454 e. The molecular weight excluding hydrogens is 420 g/mol. The van der Waals surface area contributed by atoms with Crippen LogP contribution in [0.2, 0.25) is 0 Å². The van der Waals surface area contributed by atoms with Crippen LogP contribution < -0.4 is 9.47 Å². The van der Waals surface area contributed by atoms with E-state index in [2.05, 4.69) is 4.98 Å². The van der Waals surface area contributed by atoms with E-state index in [1.165, 1.54) is 18.2 Å². The van der Waals surface area contributed by atoms with Gasteiger partial charge in [-0.2, -0.15) is 0 Å². The number of fused-ring (bicyclic) bond motifs is 2. The number of carbonyl (C=O) groups is 1. The molecule has 3 aromatic carbocycles. The molecule has 0 fully saturated rings. The molecule has 0 amide bonds. The summed E-state index contributed by atoms with van der Waals surface area (Å²) in [5.74, 6) is 1.05. The third-order valence-electron chi connectivity index (χ3n) is 5.49. The number of ether oxygens (including phenoxy) is 2. The van der Waals surface area contributed by atoms with E-state index < -0.39 is 4.92 Å². The molecule has 0 aliphatic carbocycles. The number of nitrogens with zero attached hydrogens (tertiary/aromatic N) is 2. The van der Waals surface area contributed by atoms with E-state index in [4.69, 9.17) is 9.47 Å². The molecule has 7 heteroatoms. The smallest absolute Gasteiger partial charge is 0.270 e. The molecule has 5 rings (SSSR count). The molecule has 0 spiro atoms. The average molecular weight is 438 g/mol. The summed E-state index contributed by atoms with van der Waals surface area (Å²) in [4.78, 5) is 28.9. The molecule has 0 atom stereocenters. The molecule has 0 saturated heterocycles. The molecule has 33 heavy (non-hydrogen) atoms. The van der Waals surface area contributed by atoms with Crippen LogP contribution in [0.5, 0.6) is 11.5 Å². The van der Waals surface area contributed by atoms with Crippen LogP contribution >= 0.6 is 0 Å². The minimum atomic E-state index is -0.449. The Labute approximate surface area is 189 Å². The first-order valence-electron chi connectivity index (χ1n) is 10.3. The van der Waals surface area contributed by atoms with Gasteiger partial charge < -0.3 is 9.47 Å². The van der Waals surface area contributed by atoms with Crippen molar-refractivity contribution in [3.8, 4) is 22.6 Å². The topological polar surface area (TPSA) is 91.6 Å². The number of nitro benzene ring substituents is 1. The molecule has 0 bridgehead atoms. The number of non-ortho nitro benzene ring substituents is 1. The first-order chi connectivity index (χ1) is 16.0. The highest BCUT2D eigenvalue weighted by Crippen LogP contribution is 2.36. The second-order valence-corrected chi connectivity index (χ2v) is 7.58. The Balaban J connectivity index is 1.65. The first-order valence-corrected chi connectivity index (χ1v) is 10.3. The molecule has 1 aromatic heterocycles. The predicted octanol–water partition coefficient (Wildman–Crippen LogP) is 5.74. The van der Waals surface area contributed by atoms with E-state index in [9.17, 15) is 14.9 Å². The van der Waals surface area contributed by atoms with E-state index in [0.29, 0.717) is 39.2 Å². The minimum absolute atomic E-state index is 0.0559. The number of hydrogen-bond donors (Lipinski definition) is 0. The molecule has 0 N–H and O–H groups in total. The fraction of sp³-hybridized carbons (Fsp3) is 0.0769. The lowest BCUT2D eigenvalue weighted by molar-refractivity contribution is -0.384. The predicted molar refractivity (Wildman–Crippen MR) is 124 cm³/mol. The van der Waals surface area contributed by atoms with Gasteiger partial charge in [0.1, 0.15) is 0 Å². The number of carbonyl (C=O) groups excluding carboxylic acids is 1. The van der Waals surface area contributed by atoms with E-state index in [0.717, 1.165) is 11.1 Å². The van der Waals surface area contributed by atoms with Crippen molar-refractivity contribution in [1.82, 2.24) is 4.98 Å². The van der Waals surface area contributed by atoms with Gasteiger partial charge in [0.05, 0.1) is 16.0 Å². The Bertz CT molecular complexity index is 1440. The zero-order valence-electron chi connectivity index (χ0n) is 17.6. The maximum atomic E-state index is 13.4. The van der Waals surface area contributed by atoms with Crippen molar-refractivity contribution in [2.24, 2.45) is 0 Å². The van der Waals surface area contributed by atoms with Crippen LogP contribution in [0, 0.1) is 17.0 Å². The maximum Gasteiger partial charge on any atom is 0.270 e. The zero-order chi connectivity index (χ0) is 22.9. The van der Waals surface area contributed by atoms with Gasteiger partial charge in [-0.3, -0.25) is 19.9 Å². The summed E-state index contributed by atoms with van der Waals surface area (Å²) in [5.41, 5.74) is 3.70. The zero-order valence-corrected chi connectivity index (χ0v) is 17.6. The van der Waals surface area contributed by atoms with Crippen molar-refractivity contribution < 1.29 is 19.2 Å². The Morgan fingerprint density at radius 3 is 2.61 bits per heavy atom. The Kier molecular flexibility index (Phi) is 5.06. The number of aryl methyl sites for hydroxylation is 1. The monoisotopic (exact) mass is 438 g/mol. The fourth-order valence-electron chi connectivity index (χ4n) is 3.97. The van der Waals surface area contributed by atoms with Crippen LogP contribution in [0.25, 0.3) is 28.1 Å². The van der Waals surface area contributed by atoms with Gasteiger partial charge in [0.2, 0.25) is 6.79 Å². The van der Waals surface area contributed by atoms with Crippen molar-refractivity contribution in [3.05, 3.63) is 99.7 Å². The van der Waals surface area contributed by atoms with E-state index in [1.807, 2.05) is 36.4 Å². The van der Waals surface area contributed by atoms with Crippen LogP contribution in [-0.2, 0) is 0 Å². The highest BCUT2D eigenvalue weighted by molar-refractivity contribution is 6.16. The maximum absolute atomic E-state index is 13.4. The molecule has 0 saturated carbocycles. The van der Waals surface area contributed by atoms with Crippen molar-refractivity contribution in [3.63, 3.8) is 0 Å². The Morgan fingerprint density at radius 2 is 1.82 bits per heavy atom. The van der Waals surface area contributed by atoms with Gasteiger partial charge in [0.25, 0.3) is 5.69 Å². The van der Waals surface area contributed by atoms with E-state index >= 15 is 0 Å². The molecule has 1 aliphatic rings. The number of pyridine rings is 1. The Hall–Kier alpha value is -4.52. The SMILES string of the molecule is Cc1nc2ccc([N+](=O)[O-])cc2c(-c2ccccc2)c1C(=O)/C=C/c1ccc2c(c1)OCO2. The van der Waals surface area contributed by atoms with Crippen LogP contribution in [0.4, 0.5) is 5.69 Å². The van der Waals surface area contributed by atoms with Gasteiger partial charge in [-0.05, 0) is 42.3 Å². The third kappa shape index (κ3) is 3.80. The number of rotatable bonds is 5. The molecule has 7 nitrogen and oxygen atoms in total. The number of ketones is 1. The molecule has 0 unspecified atom stereocenters. The number of aromatic nitrogens is 1. The van der Waals surface area contributed by atoms with Gasteiger partial charge in [-0.1, -0.05) is 42.5 Å². The molecule has 0 radical (unpaired) electrons. The van der Waals surface area contributed by atoms with Crippen molar-refractivity contribution in [2.45, 2.75) is 6.92 Å². The fourth-order valence-corrected chi connectivity index (χ4v) is 3.97. The standard InChI is InChI=1S/C26H18N2O5/c1-16-25(22(29)11-7-17-8-12-23-24(13-17)33-15-32-23)26(18-5-3-2-4-6-18)20-14-19(28(30)31)9-10-21(20)27-16/h2-14H,15H2,1H3/b11-7+. The highest BCUT2D eigenvalue weighted by Gasteiger charge is 2.21.